The zero-order valence-electron chi connectivity index (χ0n) is 15.5. The van der Waals surface area contributed by atoms with E-state index in [4.69, 9.17) is 9.47 Å². The Kier molecular flexibility index (Phi) is 5.83. The van der Waals surface area contributed by atoms with Gasteiger partial charge in [0.15, 0.2) is 0 Å². The van der Waals surface area contributed by atoms with E-state index < -0.39 is 6.04 Å². The summed E-state index contributed by atoms with van der Waals surface area (Å²) in [6.45, 7) is 2.28. The molecule has 2 saturated heterocycles. The molecule has 2 fully saturated rings. The third-order valence-electron chi connectivity index (χ3n) is 4.81. The van der Waals surface area contributed by atoms with Gasteiger partial charge in [-0.1, -0.05) is 24.3 Å². The molecule has 2 aromatic rings. The Balaban J connectivity index is 1.48. The molecular formula is C21H22N2O4S. The first kappa shape index (κ1) is 18.8. The fourth-order valence-corrected chi connectivity index (χ4v) is 4.47. The molecule has 0 radical (unpaired) electrons. The van der Waals surface area contributed by atoms with Crippen LogP contribution in [0.4, 0.5) is 0 Å². The average molecular weight is 398 g/mol. The number of benzene rings is 2. The molecule has 0 spiro atoms. The molecule has 2 amide bonds. The molecule has 2 aliphatic rings. The number of nitrogens with zero attached hydrogens (tertiary/aromatic N) is 2. The van der Waals surface area contributed by atoms with Crippen molar-refractivity contribution in [1.82, 2.24) is 9.80 Å². The van der Waals surface area contributed by atoms with E-state index in [-0.39, 0.29) is 11.8 Å². The number of thioether (sulfide) groups is 1. The van der Waals surface area contributed by atoms with Gasteiger partial charge in [0.05, 0.1) is 19.1 Å². The van der Waals surface area contributed by atoms with Crippen molar-refractivity contribution < 1.29 is 19.1 Å². The minimum absolute atomic E-state index is 0.0124. The van der Waals surface area contributed by atoms with Crippen LogP contribution in [0.25, 0.3) is 0 Å². The molecule has 6 nitrogen and oxygen atoms in total. The monoisotopic (exact) mass is 398 g/mol. The van der Waals surface area contributed by atoms with Crippen molar-refractivity contribution in [2.45, 2.75) is 6.04 Å². The molecule has 0 aliphatic carbocycles. The Bertz CT molecular complexity index is 839. The first-order valence-corrected chi connectivity index (χ1v) is 10.5. The van der Waals surface area contributed by atoms with Crippen LogP contribution in [0.2, 0.25) is 0 Å². The summed E-state index contributed by atoms with van der Waals surface area (Å²) in [6.07, 6.45) is 0. The number of ether oxygens (including phenoxy) is 2. The van der Waals surface area contributed by atoms with E-state index in [1.165, 1.54) is 0 Å². The van der Waals surface area contributed by atoms with Crippen molar-refractivity contribution in [3.05, 3.63) is 60.2 Å². The zero-order valence-corrected chi connectivity index (χ0v) is 16.3. The summed E-state index contributed by atoms with van der Waals surface area (Å²) in [5, 5.41) is 0. The average Bonchev–Trinajstić information content (AvgIpc) is 3.24. The highest BCUT2D eigenvalue weighted by Gasteiger charge is 2.37. The molecule has 0 N–H and O–H groups in total. The van der Waals surface area contributed by atoms with Crippen LogP contribution < -0.4 is 4.74 Å². The minimum Gasteiger partial charge on any atom is -0.457 e. The lowest BCUT2D eigenvalue weighted by Gasteiger charge is -2.32. The highest BCUT2D eigenvalue weighted by Crippen LogP contribution is 2.27. The lowest BCUT2D eigenvalue weighted by Crippen LogP contribution is -2.52. The summed E-state index contributed by atoms with van der Waals surface area (Å²) in [7, 11) is 0. The van der Waals surface area contributed by atoms with Crippen LogP contribution in [0, 0.1) is 0 Å². The first-order valence-electron chi connectivity index (χ1n) is 9.30. The molecule has 4 rings (SSSR count). The summed E-state index contributed by atoms with van der Waals surface area (Å²) in [4.78, 5) is 29.5. The second kappa shape index (κ2) is 8.67. The second-order valence-electron chi connectivity index (χ2n) is 6.67. The van der Waals surface area contributed by atoms with Crippen molar-refractivity contribution >= 4 is 23.6 Å². The summed E-state index contributed by atoms with van der Waals surface area (Å²) >= 11 is 1.61. The third kappa shape index (κ3) is 4.15. The predicted molar refractivity (Wildman–Crippen MR) is 108 cm³/mol. The summed E-state index contributed by atoms with van der Waals surface area (Å²) in [6, 6.07) is 16.1. The van der Waals surface area contributed by atoms with Crippen LogP contribution in [0.3, 0.4) is 0 Å². The Morgan fingerprint density at radius 2 is 1.75 bits per heavy atom. The van der Waals surface area contributed by atoms with E-state index in [2.05, 4.69) is 0 Å². The summed E-state index contributed by atoms with van der Waals surface area (Å²) in [5.74, 6) is 2.32. The fraction of sp³-hybridized carbons (Fsp3) is 0.333. The largest absolute Gasteiger partial charge is 0.457 e. The number of morpholine rings is 1. The van der Waals surface area contributed by atoms with E-state index in [9.17, 15) is 9.59 Å². The van der Waals surface area contributed by atoms with Crippen molar-refractivity contribution in [3.8, 4) is 11.5 Å². The van der Waals surface area contributed by atoms with Crippen molar-refractivity contribution in [2.24, 2.45) is 0 Å². The van der Waals surface area contributed by atoms with E-state index in [1.807, 2.05) is 36.4 Å². The standard InChI is InChI=1S/C21H22N2O4S/c24-20(16-5-4-8-18(13-16)27-17-6-2-1-3-7-17)23-15-28-14-19(23)21(25)22-9-11-26-12-10-22/h1-8,13,19H,9-12,14-15H2/t19-/m0/s1. The quantitative estimate of drug-likeness (QED) is 0.793. The Morgan fingerprint density at radius 1 is 1.00 bits per heavy atom. The van der Waals surface area contributed by atoms with Gasteiger partial charge in [-0.3, -0.25) is 9.59 Å². The number of amides is 2. The Labute approximate surface area is 168 Å². The Hall–Kier alpha value is -2.51. The van der Waals surface area contributed by atoms with Crippen LogP contribution in [0.5, 0.6) is 11.5 Å². The highest BCUT2D eigenvalue weighted by molar-refractivity contribution is 7.99. The van der Waals surface area contributed by atoms with Gasteiger partial charge in [-0.15, -0.1) is 11.8 Å². The third-order valence-corrected chi connectivity index (χ3v) is 5.82. The van der Waals surface area contributed by atoms with Gasteiger partial charge in [-0.05, 0) is 30.3 Å². The van der Waals surface area contributed by atoms with Crippen molar-refractivity contribution in [1.29, 1.82) is 0 Å². The van der Waals surface area contributed by atoms with Gasteiger partial charge < -0.3 is 19.3 Å². The minimum atomic E-state index is -0.422. The maximum absolute atomic E-state index is 13.1. The number of hydrogen-bond donors (Lipinski definition) is 0. The number of carbonyl (C=O) groups is 2. The van der Waals surface area contributed by atoms with Gasteiger partial charge in [0.25, 0.3) is 5.91 Å². The molecular weight excluding hydrogens is 376 g/mol. The molecule has 0 unspecified atom stereocenters. The molecule has 0 bridgehead atoms. The molecule has 2 aliphatic heterocycles. The van der Waals surface area contributed by atoms with E-state index in [0.717, 1.165) is 0 Å². The lowest BCUT2D eigenvalue weighted by molar-refractivity contribution is -0.138. The first-order chi connectivity index (χ1) is 13.7. The van der Waals surface area contributed by atoms with E-state index >= 15 is 0 Å². The van der Waals surface area contributed by atoms with Gasteiger partial charge in [0.1, 0.15) is 17.5 Å². The molecule has 0 aromatic heterocycles. The highest BCUT2D eigenvalue weighted by atomic mass is 32.2. The Morgan fingerprint density at radius 3 is 2.54 bits per heavy atom. The smallest absolute Gasteiger partial charge is 0.255 e. The summed E-state index contributed by atoms with van der Waals surface area (Å²) < 4.78 is 11.2. The molecule has 0 saturated carbocycles. The van der Waals surface area contributed by atoms with Crippen molar-refractivity contribution in [3.63, 3.8) is 0 Å². The zero-order chi connectivity index (χ0) is 19.3. The second-order valence-corrected chi connectivity index (χ2v) is 7.67. The normalized spacial score (nSPS) is 19.5. The molecule has 1 atom stereocenters. The lowest BCUT2D eigenvalue weighted by atomic mass is 10.1. The van der Waals surface area contributed by atoms with Gasteiger partial charge in [0.2, 0.25) is 5.91 Å². The van der Waals surface area contributed by atoms with Crippen LogP contribution in [0.15, 0.2) is 54.6 Å². The van der Waals surface area contributed by atoms with Gasteiger partial charge in [-0.2, -0.15) is 0 Å². The molecule has 7 heteroatoms. The number of carbonyl (C=O) groups excluding carboxylic acids is 2. The SMILES string of the molecule is O=C([C@@H]1CSCN1C(=O)c1cccc(Oc2ccccc2)c1)N1CCOCC1. The topological polar surface area (TPSA) is 59.1 Å². The van der Waals surface area contributed by atoms with Gasteiger partial charge in [0, 0.05) is 24.4 Å². The molecule has 2 heterocycles. The molecule has 146 valence electrons. The van der Waals surface area contributed by atoms with Crippen LogP contribution in [-0.4, -0.2) is 65.6 Å². The number of para-hydroxylation sites is 1. The number of rotatable bonds is 4. The van der Waals surface area contributed by atoms with Crippen LogP contribution in [-0.2, 0) is 9.53 Å². The van der Waals surface area contributed by atoms with E-state index in [1.54, 1.807) is 39.8 Å². The maximum Gasteiger partial charge on any atom is 0.255 e. The maximum atomic E-state index is 13.1. The summed E-state index contributed by atoms with van der Waals surface area (Å²) in [5.41, 5.74) is 0.524. The number of hydrogen-bond acceptors (Lipinski definition) is 5. The van der Waals surface area contributed by atoms with Gasteiger partial charge in [-0.25, -0.2) is 0 Å². The van der Waals surface area contributed by atoms with Crippen LogP contribution >= 0.6 is 11.8 Å². The van der Waals surface area contributed by atoms with Crippen LogP contribution in [0.1, 0.15) is 10.4 Å². The van der Waals surface area contributed by atoms with Crippen molar-refractivity contribution in [2.75, 3.05) is 37.9 Å². The van der Waals surface area contributed by atoms with Gasteiger partial charge >= 0.3 is 0 Å². The predicted octanol–water partition coefficient (Wildman–Crippen LogP) is 2.85. The molecule has 28 heavy (non-hydrogen) atoms. The fourth-order valence-electron chi connectivity index (χ4n) is 3.32. The van der Waals surface area contributed by atoms with E-state index in [0.29, 0.717) is 55.0 Å². The molecule has 2 aromatic carbocycles.